The number of aliphatic hydroxyl groups is 1. The number of benzene rings is 1. The number of carbonyl (C=O) groups excluding carboxylic acids is 2. The van der Waals surface area contributed by atoms with Gasteiger partial charge in [0.15, 0.2) is 0 Å². The highest BCUT2D eigenvalue weighted by atomic mass is 32.1. The smallest absolute Gasteiger partial charge is 0.243 e. The van der Waals surface area contributed by atoms with E-state index in [0.29, 0.717) is 18.0 Å². The van der Waals surface area contributed by atoms with Gasteiger partial charge in [-0.2, -0.15) is 0 Å². The van der Waals surface area contributed by atoms with Gasteiger partial charge in [0.1, 0.15) is 17.7 Å². The first-order valence-corrected chi connectivity index (χ1v) is 13.0. The molecule has 0 aliphatic carbocycles. The second-order valence-electron chi connectivity index (χ2n) is 10.7. The molecule has 0 bridgehead atoms. The summed E-state index contributed by atoms with van der Waals surface area (Å²) in [5.74, 6) is -0.666. The van der Waals surface area contributed by atoms with E-state index in [1.165, 1.54) is 4.90 Å². The van der Waals surface area contributed by atoms with E-state index in [9.17, 15) is 14.7 Å². The van der Waals surface area contributed by atoms with E-state index in [-0.39, 0.29) is 24.8 Å². The quantitative estimate of drug-likeness (QED) is 0.516. The number of rotatable bonds is 6. The van der Waals surface area contributed by atoms with Crippen molar-refractivity contribution in [1.29, 1.82) is 0 Å². The Bertz CT molecular complexity index is 1260. The summed E-state index contributed by atoms with van der Waals surface area (Å²) < 4.78 is 5.45. The minimum atomic E-state index is -0.759. The van der Waals surface area contributed by atoms with Gasteiger partial charge in [-0.25, -0.2) is 4.98 Å². The number of likely N-dealkylation sites (tertiary alicyclic amines) is 1. The number of hydrogen-bond acceptors (Lipinski definition) is 7. The van der Waals surface area contributed by atoms with Crippen molar-refractivity contribution in [3.05, 3.63) is 58.1 Å². The lowest BCUT2D eigenvalue weighted by Crippen LogP contribution is -2.49. The van der Waals surface area contributed by atoms with E-state index in [0.717, 1.165) is 27.3 Å². The molecule has 1 aliphatic rings. The number of aryl methyl sites for hydroxylation is 3. The first kappa shape index (κ1) is 26.0. The van der Waals surface area contributed by atoms with Crippen LogP contribution in [0, 0.1) is 26.2 Å². The minimum Gasteiger partial charge on any atom is -0.391 e. The van der Waals surface area contributed by atoms with Gasteiger partial charge in [-0.1, -0.05) is 44.1 Å². The lowest BCUT2D eigenvalue weighted by Gasteiger charge is -2.33. The standard InChI is InChI=1S/C27H34N4O4S/c1-15-9-18(24-17(3)29-14-36-24)7-8-19(15)12-28-25(33)21-11-20(32)13-31(21)26(34)23(27(4,5)6)22-10-16(2)30-35-22/h7-10,14,20-21,23,32H,11-13H2,1-6H3,(H,28,33)/t20-,21+,23-/m1/s1. The van der Waals surface area contributed by atoms with Crippen LogP contribution in [0.4, 0.5) is 0 Å². The van der Waals surface area contributed by atoms with Crippen LogP contribution in [0.1, 0.15) is 61.4 Å². The Balaban J connectivity index is 1.49. The van der Waals surface area contributed by atoms with Crippen LogP contribution in [0.5, 0.6) is 0 Å². The molecule has 3 atom stereocenters. The Kier molecular flexibility index (Phi) is 7.33. The van der Waals surface area contributed by atoms with Crippen LogP contribution in [0.25, 0.3) is 10.4 Å². The fourth-order valence-corrected chi connectivity index (χ4v) is 5.63. The van der Waals surface area contributed by atoms with Crippen LogP contribution in [0.2, 0.25) is 0 Å². The maximum Gasteiger partial charge on any atom is 0.243 e. The predicted octanol–water partition coefficient (Wildman–Crippen LogP) is 4.13. The molecule has 0 spiro atoms. The molecule has 1 fully saturated rings. The summed E-state index contributed by atoms with van der Waals surface area (Å²) >= 11 is 1.61. The zero-order valence-corrected chi connectivity index (χ0v) is 22.5. The second-order valence-corrected chi connectivity index (χ2v) is 11.5. The van der Waals surface area contributed by atoms with Crippen molar-refractivity contribution in [3.8, 4) is 10.4 Å². The zero-order chi connectivity index (χ0) is 26.2. The molecule has 2 aromatic heterocycles. The van der Waals surface area contributed by atoms with Gasteiger partial charge in [0.25, 0.3) is 0 Å². The molecule has 1 saturated heterocycles. The van der Waals surface area contributed by atoms with Gasteiger partial charge in [-0.3, -0.25) is 9.59 Å². The molecule has 36 heavy (non-hydrogen) atoms. The van der Waals surface area contributed by atoms with Crippen molar-refractivity contribution < 1.29 is 19.2 Å². The van der Waals surface area contributed by atoms with Crippen LogP contribution in [0.15, 0.2) is 34.3 Å². The number of nitrogens with zero attached hydrogens (tertiary/aromatic N) is 3. The molecule has 2 amide bonds. The largest absolute Gasteiger partial charge is 0.391 e. The number of β-amino-alcohol motifs (C(OH)–C–C–N with tert-alkyl or cyclic N) is 1. The lowest BCUT2D eigenvalue weighted by molar-refractivity contribution is -0.142. The molecule has 4 rings (SSSR count). The van der Waals surface area contributed by atoms with Crippen LogP contribution in [0.3, 0.4) is 0 Å². The number of nitrogens with one attached hydrogen (secondary N) is 1. The summed E-state index contributed by atoms with van der Waals surface area (Å²) in [4.78, 5) is 33.9. The molecular weight excluding hydrogens is 476 g/mol. The molecule has 9 heteroatoms. The lowest BCUT2D eigenvalue weighted by atomic mass is 9.78. The highest BCUT2D eigenvalue weighted by molar-refractivity contribution is 7.13. The number of aliphatic hydroxyl groups excluding tert-OH is 1. The van der Waals surface area contributed by atoms with Gasteiger partial charge in [-0.15, -0.1) is 11.3 Å². The molecule has 3 aromatic rings. The molecule has 1 aliphatic heterocycles. The summed E-state index contributed by atoms with van der Waals surface area (Å²) in [6.45, 7) is 12.1. The van der Waals surface area contributed by atoms with Crippen molar-refractivity contribution >= 4 is 23.2 Å². The molecule has 2 N–H and O–H groups in total. The third-order valence-corrected chi connectivity index (χ3v) is 7.69. The van der Waals surface area contributed by atoms with Gasteiger partial charge in [0, 0.05) is 25.6 Å². The fraction of sp³-hybridized carbons (Fsp3) is 0.481. The monoisotopic (exact) mass is 510 g/mol. The zero-order valence-electron chi connectivity index (χ0n) is 21.7. The first-order valence-electron chi connectivity index (χ1n) is 12.1. The third-order valence-electron chi connectivity index (χ3n) is 6.71. The van der Waals surface area contributed by atoms with Crippen molar-refractivity contribution in [2.24, 2.45) is 5.41 Å². The van der Waals surface area contributed by atoms with Crippen molar-refractivity contribution in [3.63, 3.8) is 0 Å². The molecule has 0 unspecified atom stereocenters. The number of hydrogen-bond donors (Lipinski definition) is 2. The fourth-order valence-electron chi connectivity index (χ4n) is 4.82. The van der Waals surface area contributed by atoms with E-state index < -0.39 is 23.5 Å². The second kappa shape index (κ2) is 10.1. The van der Waals surface area contributed by atoms with E-state index in [4.69, 9.17) is 4.52 Å². The Hall–Kier alpha value is -3.04. The average Bonchev–Trinajstić information content (AvgIpc) is 3.51. The van der Waals surface area contributed by atoms with Gasteiger partial charge >= 0.3 is 0 Å². The topological polar surface area (TPSA) is 109 Å². The van der Waals surface area contributed by atoms with Crippen molar-refractivity contribution in [1.82, 2.24) is 20.4 Å². The minimum absolute atomic E-state index is 0.110. The maximum absolute atomic E-state index is 13.7. The molecule has 0 saturated carbocycles. The summed E-state index contributed by atoms with van der Waals surface area (Å²) in [6, 6.07) is 7.16. The maximum atomic E-state index is 13.7. The predicted molar refractivity (Wildman–Crippen MR) is 138 cm³/mol. The van der Waals surface area contributed by atoms with Gasteiger partial charge < -0.3 is 19.8 Å². The van der Waals surface area contributed by atoms with E-state index in [1.807, 2.05) is 52.3 Å². The highest BCUT2D eigenvalue weighted by Crippen LogP contribution is 2.38. The van der Waals surface area contributed by atoms with E-state index in [2.05, 4.69) is 21.5 Å². The Morgan fingerprint density at radius 3 is 2.58 bits per heavy atom. The Labute approximate surface area is 215 Å². The molecular formula is C27H34N4O4S. The Morgan fingerprint density at radius 2 is 2.00 bits per heavy atom. The number of thiazole rings is 1. The van der Waals surface area contributed by atoms with Crippen LogP contribution >= 0.6 is 11.3 Å². The summed E-state index contributed by atoms with van der Waals surface area (Å²) in [6.07, 6.45) is -0.558. The van der Waals surface area contributed by atoms with Crippen LogP contribution < -0.4 is 5.32 Å². The van der Waals surface area contributed by atoms with E-state index in [1.54, 1.807) is 24.3 Å². The van der Waals surface area contributed by atoms with Crippen LogP contribution in [-0.4, -0.2) is 50.7 Å². The summed E-state index contributed by atoms with van der Waals surface area (Å²) in [5.41, 5.74) is 6.23. The van der Waals surface area contributed by atoms with Crippen molar-refractivity contribution in [2.45, 2.75) is 72.6 Å². The normalized spacial score (nSPS) is 18.9. The van der Waals surface area contributed by atoms with Crippen LogP contribution in [-0.2, 0) is 16.1 Å². The average molecular weight is 511 g/mol. The van der Waals surface area contributed by atoms with Gasteiger partial charge in [0.2, 0.25) is 11.8 Å². The SMILES string of the molecule is Cc1cc([C@H](C(=O)N2C[C@H](O)C[C@H]2C(=O)NCc2ccc(-c3scnc3C)cc2C)C(C)(C)C)on1. The molecule has 8 nitrogen and oxygen atoms in total. The van der Waals surface area contributed by atoms with E-state index >= 15 is 0 Å². The highest BCUT2D eigenvalue weighted by Gasteiger charge is 2.45. The molecule has 192 valence electrons. The molecule has 3 heterocycles. The first-order chi connectivity index (χ1) is 17.0. The van der Waals surface area contributed by atoms with Gasteiger partial charge in [-0.05, 0) is 42.9 Å². The molecule has 1 aromatic carbocycles. The Morgan fingerprint density at radius 1 is 1.25 bits per heavy atom. The van der Waals surface area contributed by atoms with Crippen molar-refractivity contribution in [2.75, 3.05) is 6.54 Å². The van der Waals surface area contributed by atoms with Gasteiger partial charge in [0.05, 0.1) is 27.9 Å². The number of carbonyl (C=O) groups is 2. The number of amides is 2. The summed E-state index contributed by atoms with van der Waals surface area (Å²) in [5, 5.41) is 17.3. The summed E-state index contributed by atoms with van der Waals surface area (Å²) in [7, 11) is 0. The number of aromatic nitrogens is 2. The third kappa shape index (κ3) is 5.37. The molecule has 0 radical (unpaired) electrons.